The maximum atomic E-state index is 13.3. The van der Waals surface area contributed by atoms with Gasteiger partial charge in [-0.2, -0.15) is 0 Å². The van der Waals surface area contributed by atoms with Gasteiger partial charge in [-0.1, -0.05) is 88.4 Å². The highest BCUT2D eigenvalue weighted by atomic mass is 16.3. The van der Waals surface area contributed by atoms with Gasteiger partial charge >= 0.3 is 0 Å². The summed E-state index contributed by atoms with van der Waals surface area (Å²) < 4.78 is 0. The van der Waals surface area contributed by atoms with E-state index in [0.717, 1.165) is 11.1 Å². The average Bonchev–Trinajstić information content (AvgIpc) is 2.71. The first-order valence-electron chi connectivity index (χ1n) is 10.2. The Kier molecular flexibility index (Phi) is 8.40. The van der Waals surface area contributed by atoms with Gasteiger partial charge in [0.1, 0.15) is 6.04 Å². The van der Waals surface area contributed by atoms with Crippen molar-refractivity contribution in [1.82, 2.24) is 10.6 Å². The number of carbonyl (C=O) groups is 2. The molecular formula is C24H32N2O3. The van der Waals surface area contributed by atoms with Gasteiger partial charge in [-0.15, -0.1) is 0 Å². The normalized spacial score (nSPS) is 13.4. The first-order valence-corrected chi connectivity index (χ1v) is 10.2. The molecule has 3 N–H and O–H groups in total. The van der Waals surface area contributed by atoms with Crippen LogP contribution in [0.2, 0.25) is 0 Å². The molecule has 5 nitrogen and oxygen atoms in total. The molecule has 156 valence electrons. The average molecular weight is 397 g/mol. The fourth-order valence-electron chi connectivity index (χ4n) is 3.25. The van der Waals surface area contributed by atoms with Crippen molar-refractivity contribution in [2.45, 2.75) is 45.7 Å². The van der Waals surface area contributed by atoms with Gasteiger partial charge in [-0.3, -0.25) is 9.59 Å². The molecule has 29 heavy (non-hydrogen) atoms. The minimum absolute atomic E-state index is 0.0915. The number of hydrogen-bond donors (Lipinski definition) is 3. The van der Waals surface area contributed by atoms with Gasteiger partial charge in [0.05, 0.1) is 18.6 Å². The van der Waals surface area contributed by atoms with E-state index in [1.54, 1.807) is 0 Å². The van der Waals surface area contributed by atoms with Crippen LogP contribution >= 0.6 is 0 Å². The molecule has 2 amide bonds. The molecule has 2 aromatic rings. The Labute approximate surface area is 173 Å². The fraction of sp³-hybridized carbons (Fsp3) is 0.417. The van der Waals surface area contributed by atoms with E-state index >= 15 is 0 Å². The van der Waals surface area contributed by atoms with Crippen molar-refractivity contribution in [3.05, 3.63) is 71.8 Å². The third-order valence-electron chi connectivity index (χ3n) is 5.10. The van der Waals surface area contributed by atoms with Crippen LogP contribution in [0.1, 0.15) is 44.7 Å². The summed E-state index contributed by atoms with van der Waals surface area (Å²) in [5, 5.41) is 15.3. The lowest BCUT2D eigenvalue weighted by Crippen LogP contribution is -2.54. The molecule has 0 radical (unpaired) electrons. The van der Waals surface area contributed by atoms with Crippen LogP contribution in [0.5, 0.6) is 0 Å². The lowest BCUT2D eigenvalue weighted by atomic mass is 9.89. The van der Waals surface area contributed by atoms with Crippen molar-refractivity contribution in [2.24, 2.45) is 11.8 Å². The maximum Gasteiger partial charge on any atom is 0.243 e. The van der Waals surface area contributed by atoms with Crippen molar-refractivity contribution in [3.63, 3.8) is 0 Å². The molecule has 0 aromatic heterocycles. The van der Waals surface area contributed by atoms with E-state index in [0.29, 0.717) is 0 Å². The lowest BCUT2D eigenvalue weighted by molar-refractivity contribution is -0.131. The highest BCUT2D eigenvalue weighted by molar-refractivity contribution is 5.92. The van der Waals surface area contributed by atoms with E-state index in [1.807, 2.05) is 88.4 Å². The van der Waals surface area contributed by atoms with Crippen LogP contribution in [0, 0.1) is 11.8 Å². The molecule has 0 aliphatic rings. The number of benzene rings is 2. The van der Waals surface area contributed by atoms with Gasteiger partial charge in [-0.05, 0) is 23.0 Å². The zero-order chi connectivity index (χ0) is 21.4. The summed E-state index contributed by atoms with van der Waals surface area (Å²) in [7, 11) is 0. The quantitative estimate of drug-likeness (QED) is 0.609. The molecule has 0 saturated carbocycles. The van der Waals surface area contributed by atoms with Crippen molar-refractivity contribution in [2.75, 3.05) is 6.61 Å². The summed E-state index contributed by atoms with van der Waals surface area (Å²) >= 11 is 0. The van der Waals surface area contributed by atoms with E-state index in [-0.39, 0.29) is 36.3 Å². The maximum absolute atomic E-state index is 13.3. The van der Waals surface area contributed by atoms with Crippen molar-refractivity contribution in [3.8, 4) is 0 Å². The molecule has 0 saturated heterocycles. The van der Waals surface area contributed by atoms with Crippen molar-refractivity contribution >= 4 is 11.8 Å². The molecular weight excluding hydrogens is 364 g/mol. The molecule has 2 rings (SSSR count). The third kappa shape index (κ3) is 6.16. The number of rotatable bonds is 9. The number of aliphatic hydroxyl groups is 1. The summed E-state index contributed by atoms with van der Waals surface area (Å²) in [4.78, 5) is 26.2. The molecule has 0 fully saturated rings. The molecule has 0 aliphatic carbocycles. The minimum atomic E-state index is -0.690. The Balaban J connectivity index is 2.26. The first kappa shape index (κ1) is 22.6. The largest absolute Gasteiger partial charge is 0.394 e. The lowest BCUT2D eigenvalue weighted by Gasteiger charge is -2.28. The second kappa shape index (κ2) is 10.8. The third-order valence-corrected chi connectivity index (χ3v) is 5.10. The van der Waals surface area contributed by atoms with Crippen LogP contribution in [0.25, 0.3) is 0 Å². The van der Waals surface area contributed by atoms with Crippen LogP contribution in [0.15, 0.2) is 60.7 Å². The number of aliphatic hydroxyl groups excluding tert-OH is 1. The Morgan fingerprint density at radius 3 is 1.62 bits per heavy atom. The van der Waals surface area contributed by atoms with E-state index in [9.17, 15) is 14.7 Å². The zero-order valence-corrected chi connectivity index (χ0v) is 17.6. The summed E-state index contributed by atoms with van der Waals surface area (Å²) in [6.07, 6.45) is 0. The Bertz CT molecular complexity index is 736. The number of hydrogen-bond acceptors (Lipinski definition) is 3. The van der Waals surface area contributed by atoms with Crippen LogP contribution in [0.3, 0.4) is 0 Å². The van der Waals surface area contributed by atoms with Gasteiger partial charge in [-0.25, -0.2) is 0 Å². The molecule has 0 aliphatic heterocycles. The molecule has 0 unspecified atom stereocenters. The van der Waals surface area contributed by atoms with E-state index < -0.39 is 12.0 Å². The monoisotopic (exact) mass is 396 g/mol. The second-order valence-electron chi connectivity index (χ2n) is 8.03. The molecule has 0 heterocycles. The Morgan fingerprint density at radius 2 is 1.24 bits per heavy atom. The number of nitrogens with one attached hydrogen (secondary N) is 2. The van der Waals surface area contributed by atoms with Gasteiger partial charge < -0.3 is 15.7 Å². The predicted octanol–water partition coefficient (Wildman–Crippen LogP) is 3.09. The van der Waals surface area contributed by atoms with Crippen LogP contribution in [-0.4, -0.2) is 35.6 Å². The van der Waals surface area contributed by atoms with Gasteiger partial charge in [0.2, 0.25) is 11.8 Å². The molecule has 2 atom stereocenters. The van der Waals surface area contributed by atoms with Gasteiger partial charge in [0.25, 0.3) is 0 Å². The Morgan fingerprint density at radius 1 is 0.759 bits per heavy atom. The van der Waals surface area contributed by atoms with Crippen molar-refractivity contribution in [1.29, 1.82) is 0 Å². The van der Waals surface area contributed by atoms with Crippen LogP contribution < -0.4 is 10.6 Å². The van der Waals surface area contributed by atoms with E-state index in [4.69, 9.17) is 0 Å². The SMILES string of the molecule is CC(C)[C@H](NC(=O)C(c1ccccc1)c1ccccc1)C(=O)N[C@H](CO)C(C)C. The molecule has 0 bridgehead atoms. The molecule has 2 aromatic carbocycles. The highest BCUT2D eigenvalue weighted by Gasteiger charge is 2.30. The zero-order valence-electron chi connectivity index (χ0n) is 17.6. The summed E-state index contributed by atoms with van der Waals surface area (Å²) in [6, 6.07) is 18.1. The number of amides is 2. The van der Waals surface area contributed by atoms with E-state index in [1.165, 1.54) is 0 Å². The summed E-state index contributed by atoms with van der Waals surface area (Å²) in [6.45, 7) is 7.52. The summed E-state index contributed by atoms with van der Waals surface area (Å²) in [5.74, 6) is -1.01. The standard InChI is InChI=1S/C24H32N2O3/c1-16(2)20(15-27)25-24(29)22(17(3)4)26-23(28)21(18-11-7-5-8-12-18)19-13-9-6-10-14-19/h5-14,16-17,20-22,27H,15H2,1-4H3,(H,25,29)(H,26,28)/t20-,22+/m1/s1. The summed E-state index contributed by atoms with van der Waals surface area (Å²) in [5.41, 5.74) is 1.74. The number of carbonyl (C=O) groups excluding carboxylic acids is 2. The van der Waals surface area contributed by atoms with Crippen molar-refractivity contribution < 1.29 is 14.7 Å². The smallest absolute Gasteiger partial charge is 0.243 e. The second-order valence-corrected chi connectivity index (χ2v) is 8.03. The Hall–Kier alpha value is -2.66. The van der Waals surface area contributed by atoms with Crippen LogP contribution in [0.4, 0.5) is 0 Å². The predicted molar refractivity (Wildman–Crippen MR) is 115 cm³/mol. The molecule has 5 heteroatoms. The highest BCUT2D eigenvalue weighted by Crippen LogP contribution is 2.25. The van der Waals surface area contributed by atoms with E-state index in [2.05, 4.69) is 10.6 Å². The van der Waals surface area contributed by atoms with Crippen LogP contribution in [-0.2, 0) is 9.59 Å². The first-order chi connectivity index (χ1) is 13.8. The molecule has 0 spiro atoms. The van der Waals surface area contributed by atoms with Gasteiger partial charge in [0.15, 0.2) is 0 Å². The topological polar surface area (TPSA) is 78.4 Å². The minimum Gasteiger partial charge on any atom is -0.394 e. The van der Waals surface area contributed by atoms with Gasteiger partial charge in [0, 0.05) is 0 Å². The fourth-order valence-corrected chi connectivity index (χ4v) is 3.25.